The number of Topliss-reactive ketones (excluding diaryl/α,β-unsaturated/α-hetero) is 2. The molecule has 88 heavy (non-hydrogen) atoms. The third kappa shape index (κ3) is 9.37. The molecule has 3 aliphatic heterocycles. The summed E-state index contributed by atoms with van der Waals surface area (Å²) in [5, 5.41) is 33.8. The molecule has 0 radical (unpaired) electrons. The fourth-order valence-electron chi connectivity index (χ4n) is 16.1. The molecule has 6 aliphatic carbocycles. The van der Waals surface area contributed by atoms with Crippen LogP contribution in [-0.2, 0) is 87.0 Å². The maximum Gasteiger partial charge on any atom is 0.330 e. The van der Waals surface area contributed by atoms with E-state index in [4.69, 9.17) is 34.4 Å². The fraction of sp³-hybridized carbons (Fsp3) is 0.613. The second kappa shape index (κ2) is 21.7. The lowest BCUT2D eigenvalue weighted by molar-refractivity contribution is -0.129. The number of rotatable bonds is 3. The minimum Gasteiger partial charge on any atom is -0.361 e. The van der Waals surface area contributed by atoms with Crippen molar-refractivity contribution in [2.75, 3.05) is 21.7 Å². The van der Waals surface area contributed by atoms with Gasteiger partial charge in [-0.2, -0.15) is 15.3 Å². The SMILES string of the molecule is CNO.C[C@@H]1c2oncc2C[C@]2(C)c3nn(C)c(N4C(=O)NC(C)(C)C4=O)c3CC[C@@H]12.[3H]C.[C-]#[N+]C1=C[C@]2(C)c3nn(C)c(N4C(=O)NC(C)(C)C4=O)c3CC[C@H]2[C@H](C)C1=O.[C-]#[N+]C1C[C@]2(C)c3nn(C)c(N4C(=O)NC(C)(C)C4=O)c3CC[C@H]2[C@H](C)C1=O. The lowest BCUT2D eigenvalue weighted by atomic mass is 9.55. The Kier molecular flexibility index (Phi) is 15.5. The van der Waals surface area contributed by atoms with E-state index in [1.54, 1.807) is 81.2 Å². The van der Waals surface area contributed by atoms with Crippen LogP contribution in [0.5, 0.6) is 0 Å². The Hall–Kier alpha value is -8.36. The van der Waals surface area contributed by atoms with Crippen LogP contribution < -0.4 is 36.1 Å². The molecular formula is C62H82N16O10. The number of nitrogens with one attached hydrogen (secondary N) is 4. The van der Waals surface area contributed by atoms with Gasteiger partial charge in [-0.25, -0.2) is 46.0 Å². The number of imide groups is 3. The summed E-state index contributed by atoms with van der Waals surface area (Å²) in [5.74, 6) is 1.90. The van der Waals surface area contributed by atoms with Gasteiger partial charge in [0.05, 0.1) is 29.9 Å². The summed E-state index contributed by atoms with van der Waals surface area (Å²) >= 11 is 0. The van der Waals surface area contributed by atoms with Crippen LogP contribution in [-0.4, -0.2) is 117 Å². The van der Waals surface area contributed by atoms with E-state index >= 15 is 0 Å². The highest BCUT2D eigenvalue weighted by Gasteiger charge is 2.59. The number of hydrogen-bond acceptors (Lipinski definition) is 15. The van der Waals surface area contributed by atoms with Gasteiger partial charge in [0.1, 0.15) is 39.8 Å². The predicted octanol–water partition coefficient (Wildman–Crippen LogP) is 6.72. The zero-order chi connectivity index (χ0) is 65.9. The molecule has 13 rings (SSSR count). The topological polar surface area (TPSA) is 303 Å². The van der Waals surface area contributed by atoms with Crippen molar-refractivity contribution in [1.82, 2.24) is 55.9 Å². The summed E-state index contributed by atoms with van der Waals surface area (Å²) in [7, 11) is 7.95. The molecule has 1 unspecified atom stereocenters. The number of hydrogen-bond donors (Lipinski definition) is 5. The highest BCUT2D eigenvalue weighted by atomic mass is 16.5. The first-order chi connectivity index (χ1) is 41.6. The average molecular weight is 1210 g/mol. The first-order valence-electron chi connectivity index (χ1n) is 30.6. The summed E-state index contributed by atoms with van der Waals surface area (Å²) in [6.07, 6.45) is 9.28. The Morgan fingerprint density at radius 2 is 1.03 bits per heavy atom. The van der Waals surface area contributed by atoms with Crippen LogP contribution in [0.25, 0.3) is 9.69 Å². The van der Waals surface area contributed by atoms with E-state index in [0.29, 0.717) is 42.6 Å². The third-order valence-electron chi connectivity index (χ3n) is 20.4. The van der Waals surface area contributed by atoms with Crippen molar-refractivity contribution in [2.24, 2.45) is 50.7 Å². The number of anilines is 3. The van der Waals surface area contributed by atoms with Gasteiger partial charge >= 0.3 is 18.1 Å². The molecule has 10 atom stereocenters. The summed E-state index contributed by atoms with van der Waals surface area (Å²) in [5.41, 5.74) is 4.25. The second-order valence-electron chi connectivity index (χ2n) is 27.2. The Labute approximate surface area is 513 Å². The second-order valence-corrected chi connectivity index (χ2v) is 27.2. The van der Waals surface area contributed by atoms with Gasteiger partial charge in [0.25, 0.3) is 23.8 Å². The fourth-order valence-corrected chi connectivity index (χ4v) is 16.1. The monoisotopic (exact) mass is 1210 g/mol. The lowest BCUT2D eigenvalue weighted by Gasteiger charge is -2.46. The number of fused-ring (bicyclic) bond motifs is 10. The average Bonchev–Trinajstić information content (AvgIpc) is 0.982. The molecule has 0 spiro atoms. The van der Waals surface area contributed by atoms with Crippen LogP contribution in [0.15, 0.2) is 22.5 Å². The smallest absolute Gasteiger partial charge is 0.330 e. The summed E-state index contributed by atoms with van der Waals surface area (Å²) < 4.78 is 16.2. The minimum absolute atomic E-state index is 0.0212. The number of hydroxylamine groups is 1. The van der Waals surface area contributed by atoms with Crippen LogP contribution in [0.4, 0.5) is 31.8 Å². The van der Waals surface area contributed by atoms with Crippen LogP contribution in [0.2, 0.25) is 0 Å². The van der Waals surface area contributed by atoms with E-state index < -0.39 is 45.6 Å². The van der Waals surface area contributed by atoms with Crippen LogP contribution in [0.3, 0.4) is 0 Å². The molecule has 9 aliphatic rings. The van der Waals surface area contributed by atoms with E-state index in [9.17, 15) is 38.4 Å². The highest BCUT2D eigenvalue weighted by molar-refractivity contribution is 6.24. The summed E-state index contributed by atoms with van der Waals surface area (Å²) in [6.45, 7) is 37.3. The van der Waals surface area contributed by atoms with E-state index in [1.807, 2.05) is 34.0 Å². The van der Waals surface area contributed by atoms with E-state index in [1.165, 1.54) is 29.2 Å². The largest absolute Gasteiger partial charge is 0.361 e. The lowest BCUT2D eigenvalue weighted by Crippen LogP contribution is -2.51. The molecule has 4 fully saturated rings. The van der Waals surface area contributed by atoms with E-state index in [0.717, 1.165) is 77.2 Å². The zero-order valence-corrected chi connectivity index (χ0v) is 53.3. The van der Waals surface area contributed by atoms with E-state index in [-0.39, 0.29) is 76.0 Å². The molecule has 4 aromatic rings. The molecule has 26 heteroatoms. The van der Waals surface area contributed by atoms with Crippen molar-refractivity contribution in [3.63, 3.8) is 0 Å². The number of aromatic nitrogens is 7. The number of allylic oxidation sites excluding steroid dienone is 2. The van der Waals surface area contributed by atoms with Gasteiger partial charge in [0, 0.05) is 92.2 Å². The Bertz CT molecular complexity index is 3780. The van der Waals surface area contributed by atoms with Crippen molar-refractivity contribution in [3.8, 4) is 0 Å². The molecule has 26 nitrogen and oxygen atoms in total. The van der Waals surface area contributed by atoms with Crippen molar-refractivity contribution in [3.05, 3.63) is 85.9 Å². The number of urea groups is 3. The minimum atomic E-state index is -0.974. The number of carbonyl (C=O) groups is 8. The van der Waals surface area contributed by atoms with Crippen LogP contribution >= 0.6 is 0 Å². The van der Waals surface area contributed by atoms with Gasteiger partial charge in [0.15, 0.2) is 5.78 Å². The summed E-state index contributed by atoms with van der Waals surface area (Å²) in [4.78, 5) is 112. The maximum atomic E-state index is 12.9. The molecule has 3 saturated heterocycles. The number of aryl methyl sites for hydroxylation is 3. The molecule has 5 N–H and O–H groups in total. The van der Waals surface area contributed by atoms with Crippen LogP contribution in [0.1, 0.15) is 169 Å². The predicted molar refractivity (Wildman–Crippen MR) is 322 cm³/mol. The van der Waals surface area contributed by atoms with Gasteiger partial charge in [-0.05, 0) is 104 Å². The maximum absolute atomic E-state index is 12.9. The van der Waals surface area contributed by atoms with Gasteiger partial charge in [-0.1, -0.05) is 60.2 Å². The van der Waals surface area contributed by atoms with Crippen molar-refractivity contribution in [2.45, 2.75) is 187 Å². The number of ketones is 2. The molecule has 0 bridgehead atoms. The first kappa shape index (κ1) is 62.7. The van der Waals surface area contributed by atoms with Crippen LogP contribution in [0, 0.1) is 42.7 Å². The van der Waals surface area contributed by atoms with Crippen molar-refractivity contribution in [1.29, 1.82) is 0 Å². The summed E-state index contributed by atoms with van der Waals surface area (Å²) in [6, 6.07) is -1.95. The van der Waals surface area contributed by atoms with Crippen molar-refractivity contribution < 1.29 is 49.5 Å². The van der Waals surface area contributed by atoms with Gasteiger partial charge in [-0.3, -0.25) is 33.2 Å². The quantitative estimate of drug-likeness (QED) is 0.0808. The molecule has 470 valence electrons. The Morgan fingerprint density at radius 3 is 1.44 bits per heavy atom. The number of carbonyl (C=O) groups excluding carboxylic acids is 8. The first-order valence-corrected chi connectivity index (χ1v) is 29.6. The molecule has 7 heterocycles. The van der Waals surface area contributed by atoms with Gasteiger partial charge in [0.2, 0.25) is 11.5 Å². The molecule has 9 amide bonds. The van der Waals surface area contributed by atoms with Crippen molar-refractivity contribution >= 4 is 64.8 Å². The molecule has 4 aromatic heterocycles. The highest BCUT2D eigenvalue weighted by Crippen LogP contribution is 2.57. The van der Waals surface area contributed by atoms with Gasteiger partial charge in [-0.15, -0.1) is 0 Å². The molecule has 0 aromatic carbocycles. The van der Waals surface area contributed by atoms with Gasteiger partial charge < -0.3 is 35.3 Å². The third-order valence-corrected chi connectivity index (χ3v) is 20.4. The number of nitrogens with zero attached hydrogens (tertiary/aromatic N) is 12. The Balaban J connectivity index is 0.000000153. The molecule has 1 saturated carbocycles. The molecular weight excluding hydrogens is 1130 g/mol. The Morgan fingerprint density at radius 1 is 0.636 bits per heavy atom. The zero-order valence-electron chi connectivity index (χ0n) is 54.3. The normalized spacial score (nSPS) is 30.7. The van der Waals surface area contributed by atoms with E-state index in [2.05, 4.69) is 56.7 Å². The standard InChI is InChI=1S/2C20H25N5O3.C20H23N5O3.CH5NO.CH4/c1-10-13-7-6-12-15(20(13,4)8-11-9-21-28-14(10)11)23-24(5)16(12)25-17(26)19(2,3)22-18(25)27;2*1-10-12-8-7-11-15(20(12,4)9-13(21-5)14(10)26)23-24(6)16(11)25-17(27)19(2,3)22-18(25)28;1-2-3;/h9-10,13H,6-8H2,1-5H3,(H,22,27);10,12-13H,7-9H2,1-4,6H3,(H,22,28);9-10,12H,7-8H2,1-4,6H3,(H,22,28);2-3H,1H3;1H4/t10-,13-,20-;10-,12-,13?,20-;10-,12-,20-;;/m000../s1/i;;;;1T. The number of amides is 9.